The molecule has 0 N–H and O–H groups in total. The predicted molar refractivity (Wildman–Crippen MR) is 213 cm³/mol. The standard InChI is InChI=1S/C43H55N3O10S/c1-30-8-15-37(16-9-30)57(51,52)55-24-23-54-36-13-11-32(12-14-36)34-25-35(28-44-27-34)38(26-40(48)53-5)41(49)33-7-6-20-46(29-33)39(47)17-10-31-18-21-45(22-19-31)42(50)56-43(2,3)4/h8-9,11-16,25,27-28,31,33,38H,6-7,10,17-24,26,29H2,1-5H3/t33-,38?/m1/s1. The molecule has 0 spiro atoms. The normalized spacial score (nSPS) is 17.1. The van der Waals surface area contributed by atoms with E-state index in [9.17, 15) is 27.6 Å². The van der Waals surface area contributed by atoms with E-state index in [1.807, 2.05) is 45.9 Å². The van der Waals surface area contributed by atoms with Gasteiger partial charge in [0.05, 0.1) is 24.3 Å². The molecule has 1 aromatic heterocycles. The van der Waals surface area contributed by atoms with Crippen LogP contribution in [0.25, 0.3) is 11.1 Å². The van der Waals surface area contributed by atoms with Gasteiger partial charge < -0.3 is 24.0 Å². The lowest BCUT2D eigenvalue weighted by Crippen LogP contribution is -2.44. The lowest BCUT2D eigenvalue weighted by molar-refractivity contribution is -0.144. The molecule has 5 rings (SSSR count). The van der Waals surface area contributed by atoms with Crippen LogP contribution >= 0.6 is 0 Å². The third-order valence-corrected chi connectivity index (χ3v) is 11.7. The number of hydrogen-bond acceptors (Lipinski definition) is 11. The first-order valence-electron chi connectivity index (χ1n) is 19.6. The van der Waals surface area contributed by atoms with Gasteiger partial charge in [-0.3, -0.25) is 23.6 Å². The van der Waals surface area contributed by atoms with Gasteiger partial charge in [-0.05, 0) is 107 Å². The first kappa shape index (κ1) is 43.3. The molecule has 2 saturated heterocycles. The van der Waals surface area contributed by atoms with Crippen molar-refractivity contribution >= 4 is 33.9 Å². The fraction of sp³-hybridized carbons (Fsp3) is 0.512. The third-order valence-electron chi connectivity index (χ3n) is 10.4. The molecule has 0 aliphatic carbocycles. The zero-order chi connectivity index (χ0) is 41.2. The van der Waals surface area contributed by atoms with E-state index in [1.165, 1.54) is 19.2 Å². The van der Waals surface area contributed by atoms with Gasteiger partial charge in [-0.2, -0.15) is 8.42 Å². The van der Waals surface area contributed by atoms with Gasteiger partial charge in [-0.25, -0.2) is 4.79 Å². The van der Waals surface area contributed by atoms with Crippen LogP contribution in [0.1, 0.15) is 82.8 Å². The lowest BCUT2D eigenvalue weighted by Gasteiger charge is -2.35. The average Bonchev–Trinajstić information content (AvgIpc) is 3.20. The zero-order valence-corrected chi connectivity index (χ0v) is 34.4. The lowest BCUT2D eigenvalue weighted by atomic mass is 9.81. The smallest absolute Gasteiger partial charge is 0.410 e. The number of amides is 2. The van der Waals surface area contributed by atoms with E-state index in [2.05, 4.69) is 4.98 Å². The third kappa shape index (κ3) is 12.6. The average molecular weight is 806 g/mol. The van der Waals surface area contributed by atoms with E-state index in [1.54, 1.807) is 46.5 Å². The number of esters is 1. The minimum Gasteiger partial charge on any atom is -0.491 e. The van der Waals surface area contributed by atoms with Crippen LogP contribution in [0.5, 0.6) is 5.75 Å². The van der Waals surface area contributed by atoms with E-state index in [4.69, 9.17) is 18.4 Å². The molecule has 0 bridgehead atoms. The summed E-state index contributed by atoms with van der Waals surface area (Å²) in [7, 11) is -2.61. The second kappa shape index (κ2) is 19.6. The zero-order valence-electron chi connectivity index (χ0n) is 33.6. The van der Waals surface area contributed by atoms with Crippen molar-refractivity contribution in [3.05, 3.63) is 78.1 Å². The number of methoxy groups -OCH3 is 1. The van der Waals surface area contributed by atoms with Gasteiger partial charge in [0.25, 0.3) is 10.1 Å². The number of nitrogens with zero attached hydrogens (tertiary/aromatic N) is 3. The van der Waals surface area contributed by atoms with Crippen molar-refractivity contribution < 1.29 is 46.0 Å². The van der Waals surface area contributed by atoms with Crippen molar-refractivity contribution in [3.63, 3.8) is 0 Å². The monoisotopic (exact) mass is 805 g/mol. The first-order valence-corrected chi connectivity index (χ1v) is 21.0. The quantitative estimate of drug-likeness (QED) is 0.0912. The van der Waals surface area contributed by atoms with Gasteiger partial charge in [0.2, 0.25) is 5.91 Å². The molecule has 2 atom stereocenters. The molecule has 0 saturated carbocycles. The Hall–Kier alpha value is -4.82. The number of ketones is 1. The number of carbonyl (C=O) groups is 4. The second-order valence-electron chi connectivity index (χ2n) is 15.8. The summed E-state index contributed by atoms with van der Waals surface area (Å²) in [6.45, 7) is 9.36. The van der Waals surface area contributed by atoms with Gasteiger partial charge >= 0.3 is 12.1 Å². The predicted octanol–water partition coefficient (Wildman–Crippen LogP) is 6.72. The molecule has 2 aliphatic heterocycles. The second-order valence-corrected chi connectivity index (χ2v) is 17.4. The van der Waals surface area contributed by atoms with Gasteiger partial charge in [0, 0.05) is 56.5 Å². The number of carbonyl (C=O) groups excluding carboxylic acids is 4. The van der Waals surface area contributed by atoms with Crippen LogP contribution in [0.3, 0.4) is 0 Å². The minimum atomic E-state index is -3.90. The van der Waals surface area contributed by atoms with Gasteiger partial charge in [-0.1, -0.05) is 29.8 Å². The van der Waals surface area contributed by atoms with Crippen LogP contribution < -0.4 is 4.74 Å². The van der Waals surface area contributed by atoms with Crippen molar-refractivity contribution in [1.82, 2.24) is 14.8 Å². The maximum atomic E-state index is 14.2. The van der Waals surface area contributed by atoms with E-state index >= 15 is 0 Å². The van der Waals surface area contributed by atoms with Crippen LogP contribution in [0.15, 0.2) is 71.9 Å². The number of benzene rings is 2. The maximum absolute atomic E-state index is 14.2. The first-order chi connectivity index (χ1) is 27.1. The summed E-state index contributed by atoms with van der Waals surface area (Å²) in [5, 5.41) is 0. The van der Waals surface area contributed by atoms with Crippen molar-refractivity contribution in [3.8, 4) is 16.9 Å². The number of likely N-dealkylation sites (tertiary alicyclic amines) is 2. The SMILES string of the molecule is COC(=O)CC(C(=O)[C@@H]1CCCN(C(=O)CCC2CCN(C(=O)OC(C)(C)C)CC2)C1)c1cncc(-c2ccc(OCCOS(=O)(=O)c3ccc(C)cc3)cc2)c1. The highest BCUT2D eigenvalue weighted by Crippen LogP contribution is 2.32. The molecule has 2 aliphatic rings. The summed E-state index contributed by atoms with van der Waals surface area (Å²) < 4.78 is 46.2. The fourth-order valence-electron chi connectivity index (χ4n) is 7.20. The Morgan fingerprint density at radius 2 is 1.58 bits per heavy atom. The maximum Gasteiger partial charge on any atom is 0.410 e. The summed E-state index contributed by atoms with van der Waals surface area (Å²) in [6.07, 6.45) is 6.83. The molecule has 2 aromatic carbocycles. The molecule has 3 heterocycles. The summed E-state index contributed by atoms with van der Waals surface area (Å²) in [5.41, 5.74) is 2.50. The van der Waals surface area contributed by atoms with Crippen LogP contribution in [0.2, 0.25) is 0 Å². The molecule has 2 fully saturated rings. The molecule has 1 unspecified atom stereocenters. The number of aromatic nitrogens is 1. The summed E-state index contributed by atoms with van der Waals surface area (Å²) in [5.74, 6) is -1.03. The summed E-state index contributed by atoms with van der Waals surface area (Å²) in [4.78, 5) is 60.7. The van der Waals surface area contributed by atoms with Crippen molar-refractivity contribution in [2.75, 3.05) is 46.5 Å². The van der Waals surface area contributed by atoms with Gasteiger partial charge in [0.15, 0.2) is 0 Å². The molecular weight excluding hydrogens is 751 g/mol. The number of aryl methyl sites for hydroxylation is 1. The van der Waals surface area contributed by atoms with E-state index < -0.39 is 33.5 Å². The molecule has 3 aromatic rings. The highest BCUT2D eigenvalue weighted by Gasteiger charge is 2.35. The highest BCUT2D eigenvalue weighted by atomic mass is 32.2. The largest absolute Gasteiger partial charge is 0.491 e. The Labute approximate surface area is 336 Å². The Balaban J connectivity index is 1.15. The van der Waals surface area contributed by atoms with E-state index in [0.717, 1.165) is 36.0 Å². The Kier molecular flexibility index (Phi) is 14.9. The Bertz CT molecular complexity index is 1950. The Morgan fingerprint density at radius 3 is 2.25 bits per heavy atom. The van der Waals surface area contributed by atoms with E-state index in [-0.39, 0.29) is 42.3 Å². The number of hydrogen-bond donors (Lipinski definition) is 0. The van der Waals surface area contributed by atoms with Crippen molar-refractivity contribution in [2.45, 2.75) is 89.1 Å². The van der Waals surface area contributed by atoms with Gasteiger partial charge in [0.1, 0.15) is 30.3 Å². The van der Waals surface area contributed by atoms with E-state index in [0.29, 0.717) is 62.7 Å². The van der Waals surface area contributed by atoms with Crippen LogP contribution in [0.4, 0.5) is 4.79 Å². The molecule has 2 amide bonds. The van der Waals surface area contributed by atoms with Crippen LogP contribution in [-0.2, 0) is 38.2 Å². The molecule has 13 nitrogen and oxygen atoms in total. The minimum absolute atomic E-state index is 0.0136. The summed E-state index contributed by atoms with van der Waals surface area (Å²) in [6, 6.07) is 15.4. The number of rotatable bonds is 15. The molecular formula is C43H55N3O10S. The summed E-state index contributed by atoms with van der Waals surface area (Å²) >= 11 is 0. The number of pyridine rings is 1. The topological polar surface area (TPSA) is 159 Å². The van der Waals surface area contributed by atoms with Crippen LogP contribution in [-0.4, -0.2) is 99.1 Å². The number of Topliss-reactive ketones (excluding diaryl/α,β-unsaturated/α-hetero) is 1. The molecule has 0 radical (unpaired) electrons. The molecule has 57 heavy (non-hydrogen) atoms. The van der Waals surface area contributed by atoms with Crippen LogP contribution in [0, 0.1) is 18.8 Å². The highest BCUT2D eigenvalue weighted by molar-refractivity contribution is 7.86. The fourth-order valence-corrected chi connectivity index (χ4v) is 8.09. The Morgan fingerprint density at radius 1 is 0.877 bits per heavy atom. The van der Waals surface area contributed by atoms with Crippen molar-refractivity contribution in [1.29, 1.82) is 0 Å². The molecule has 308 valence electrons. The number of ether oxygens (including phenoxy) is 3. The van der Waals surface area contributed by atoms with Gasteiger partial charge in [-0.15, -0.1) is 0 Å². The number of piperidine rings is 2. The van der Waals surface area contributed by atoms with Crippen molar-refractivity contribution in [2.24, 2.45) is 11.8 Å². The molecule has 14 heteroatoms.